The summed E-state index contributed by atoms with van der Waals surface area (Å²) < 4.78 is 7.38. The molecule has 1 aromatic carbocycles. The van der Waals surface area contributed by atoms with Gasteiger partial charge < -0.3 is 19.5 Å². The molecule has 2 bridgehead atoms. The number of likely N-dealkylation sites (tertiary alicyclic amines) is 1. The van der Waals surface area contributed by atoms with Gasteiger partial charge in [0.2, 0.25) is 0 Å². The van der Waals surface area contributed by atoms with E-state index in [0.717, 1.165) is 30.5 Å². The third-order valence-electron chi connectivity index (χ3n) is 7.31. The number of ether oxygens (including phenoxy) is 1. The van der Waals surface area contributed by atoms with Crippen LogP contribution in [0.3, 0.4) is 0 Å². The van der Waals surface area contributed by atoms with Gasteiger partial charge in [-0.2, -0.15) is 0 Å². The van der Waals surface area contributed by atoms with Crippen molar-refractivity contribution in [2.24, 2.45) is 5.92 Å². The van der Waals surface area contributed by atoms with E-state index in [4.69, 9.17) is 4.74 Å². The number of methoxy groups -OCH3 is 1. The Morgan fingerprint density at radius 1 is 1.00 bits per heavy atom. The number of carbonyl (C=O) groups is 1. The first-order valence-electron chi connectivity index (χ1n) is 11.6. The second-order valence-corrected chi connectivity index (χ2v) is 9.30. The summed E-state index contributed by atoms with van der Waals surface area (Å²) in [6.45, 7) is 2.03. The van der Waals surface area contributed by atoms with Crippen molar-refractivity contribution in [3.63, 3.8) is 0 Å². The van der Waals surface area contributed by atoms with Crippen molar-refractivity contribution in [3.8, 4) is 5.75 Å². The summed E-state index contributed by atoms with van der Waals surface area (Å²) in [5, 5.41) is 3.00. The fraction of sp³-hybridized carbons (Fsp3) is 0.520. The summed E-state index contributed by atoms with van der Waals surface area (Å²) in [4.78, 5) is 28.2. The normalized spacial score (nSPS) is 23.2. The zero-order chi connectivity index (χ0) is 21.4. The van der Waals surface area contributed by atoms with E-state index >= 15 is 0 Å². The van der Waals surface area contributed by atoms with Gasteiger partial charge in [0.05, 0.1) is 12.8 Å². The number of rotatable bonds is 3. The van der Waals surface area contributed by atoms with Crippen LogP contribution in [0.25, 0.3) is 0 Å². The van der Waals surface area contributed by atoms with Crippen LogP contribution in [0.15, 0.2) is 41.2 Å². The Morgan fingerprint density at radius 3 is 2.61 bits per heavy atom. The number of pyridine rings is 1. The first-order valence-corrected chi connectivity index (χ1v) is 11.6. The van der Waals surface area contributed by atoms with Gasteiger partial charge in [0, 0.05) is 36.8 Å². The van der Waals surface area contributed by atoms with Gasteiger partial charge in [0.15, 0.2) is 0 Å². The van der Waals surface area contributed by atoms with Crippen LogP contribution in [0.2, 0.25) is 0 Å². The SMILES string of the molecule is COc1ccccc1NC(=O)N1C[C@@H]2C[C@H](C1)c1ccc(C3CCCCC3)c(=O)n1C2. The number of hydrogen-bond acceptors (Lipinski definition) is 3. The number of urea groups is 1. The molecule has 164 valence electrons. The van der Waals surface area contributed by atoms with E-state index in [9.17, 15) is 9.59 Å². The molecule has 2 fully saturated rings. The number of aromatic nitrogens is 1. The summed E-state index contributed by atoms with van der Waals surface area (Å²) in [5.74, 6) is 1.60. The number of nitrogens with zero attached hydrogens (tertiary/aromatic N) is 2. The number of amides is 2. The molecule has 1 aliphatic carbocycles. The van der Waals surface area contributed by atoms with E-state index in [1.165, 1.54) is 19.3 Å². The highest BCUT2D eigenvalue weighted by Crippen LogP contribution is 2.37. The molecule has 0 unspecified atom stereocenters. The lowest BCUT2D eigenvalue weighted by Gasteiger charge is -2.43. The fourth-order valence-electron chi connectivity index (χ4n) is 5.80. The Morgan fingerprint density at radius 2 is 1.81 bits per heavy atom. The first-order chi connectivity index (χ1) is 15.1. The molecule has 3 heterocycles. The second-order valence-electron chi connectivity index (χ2n) is 9.30. The predicted octanol–water partition coefficient (Wildman–Crippen LogP) is 4.56. The van der Waals surface area contributed by atoms with Crippen LogP contribution >= 0.6 is 0 Å². The largest absolute Gasteiger partial charge is 0.495 e. The molecule has 1 saturated carbocycles. The number of piperidine rings is 1. The molecule has 1 aromatic heterocycles. The molecule has 31 heavy (non-hydrogen) atoms. The summed E-state index contributed by atoms with van der Waals surface area (Å²) in [5.41, 5.74) is 3.00. The van der Waals surface area contributed by atoms with Gasteiger partial charge in [0.25, 0.3) is 5.56 Å². The van der Waals surface area contributed by atoms with Crippen molar-refractivity contribution in [1.29, 1.82) is 0 Å². The number of fused-ring (bicyclic) bond motifs is 4. The Kier molecular flexibility index (Phi) is 5.47. The molecular formula is C25H31N3O3. The second kappa shape index (κ2) is 8.40. The number of benzene rings is 1. The maximum Gasteiger partial charge on any atom is 0.321 e. The average molecular weight is 422 g/mol. The molecule has 0 radical (unpaired) electrons. The van der Waals surface area contributed by atoms with Crippen LogP contribution in [0.4, 0.5) is 10.5 Å². The smallest absolute Gasteiger partial charge is 0.321 e. The zero-order valence-corrected chi connectivity index (χ0v) is 18.2. The van der Waals surface area contributed by atoms with Crippen molar-refractivity contribution in [2.75, 3.05) is 25.5 Å². The minimum Gasteiger partial charge on any atom is -0.495 e. The molecule has 6 heteroatoms. The fourth-order valence-corrected chi connectivity index (χ4v) is 5.80. The molecule has 2 atom stereocenters. The lowest BCUT2D eigenvalue weighted by atomic mass is 9.81. The van der Waals surface area contributed by atoms with Gasteiger partial charge in [0.1, 0.15) is 5.75 Å². The van der Waals surface area contributed by atoms with Crippen molar-refractivity contribution in [3.05, 3.63) is 58.0 Å². The van der Waals surface area contributed by atoms with Crippen LogP contribution in [0, 0.1) is 5.92 Å². The van der Waals surface area contributed by atoms with Crippen molar-refractivity contribution in [1.82, 2.24) is 9.47 Å². The Labute approximate surface area is 183 Å². The molecule has 2 amide bonds. The molecule has 0 spiro atoms. The minimum atomic E-state index is -0.103. The maximum absolute atomic E-state index is 13.3. The van der Waals surface area contributed by atoms with Crippen molar-refractivity contribution in [2.45, 2.75) is 56.9 Å². The van der Waals surface area contributed by atoms with Crippen LogP contribution in [-0.4, -0.2) is 35.7 Å². The highest BCUT2D eigenvalue weighted by atomic mass is 16.5. The van der Waals surface area contributed by atoms with Gasteiger partial charge in [-0.15, -0.1) is 0 Å². The molecule has 3 aliphatic rings. The van der Waals surface area contributed by atoms with Gasteiger partial charge in [-0.3, -0.25) is 4.79 Å². The molecule has 5 rings (SSSR count). The van der Waals surface area contributed by atoms with Crippen LogP contribution in [0.1, 0.15) is 61.6 Å². The minimum absolute atomic E-state index is 0.103. The highest BCUT2D eigenvalue weighted by Gasteiger charge is 2.37. The van der Waals surface area contributed by atoms with Crippen molar-refractivity contribution >= 4 is 11.7 Å². The van der Waals surface area contributed by atoms with Gasteiger partial charge in [-0.05, 0) is 49.3 Å². The van der Waals surface area contributed by atoms with E-state index in [0.29, 0.717) is 42.9 Å². The zero-order valence-electron chi connectivity index (χ0n) is 18.2. The number of para-hydroxylation sites is 2. The van der Waals surface area contributed by atoms with E-state index in [-0.39, 0.29) is 17.5 Å². The van der Waals surface area contributed by atoms with E-state index in [1.54, 1.807) is 7.11 Å². The van der Waals surface area contributed by atoms with Crippen LogP contribution < -0.4 is 15.6 Å². The molecule has 2 aliphatic heterocycles. The molecule has 1 N–H and O–H groups in total. The van der Waals surface area contributed by atoms with E-state index in [1.807, 2.05) is 33.7 Å². The molecule has 6 nitrogen and oxygen atoms in total. The number of nitrogens with one attached hydrogen (secondary N) is 1. The van der Waals surface area contributed by atoms with Gasteiger partial charge >= 0.3 is 6.03 Å². The van der Waals surface area contributed by atoms with Crippen molar-refractivity contribution < 1.29 is 9.53 Å². The summed E-state index contributed by atoms with van der Waals surface area (Å²) in [6.07, 6.45) is 7.07. The third-order valence-corrected chi connectivity index (χ3v) is 7.31. The average Bonchev–Trinajstić information content (AvgIpc) is 2.80. The molecular weight excluding hydrogens is 390 g/mol. The van der Waals surface area contributed by atoms with Crippen LogP contribution in [0.5, 0.6) is 5.75 Å². The topological polar surface area (TPSA) is 63.6 Å². The number of hydrogen-bond donors (Lipinski definition) is 1. The standard InChI is InChI=1S/C25H31N3O3/c1-31-23-10-6-5-9-21(23)26-25(30)27-14-17-13-19(16-27)22-12-11-20(24(29)28(22)15-17)18-7-3-2-4-8-18/h5-6,9-12,17-19H,2-4,7-8,13-16H2,1H3,(H,26,30)/t17-,19+/m0/s1. The third kappa shape index (κ3) is 3.84. The number of anilines is 1. The maximum atomic E-state index is 13.3. The molecule has 2 aromatic rings. The Balaban J connectivity index is 1.35. The molecule has 1 saturated heterocycles. The van der Waals surface area contributed by atoms with E-state index in [2.05, 4.69) is 17.4 Å². The quantitative estimate of drug-likeness (QED) is 0.790. The Bertz CT molecular complexity index is 1020. The lowest BCUT2D eigenvalue weighted by molar-refractivity contribution is 0.139. The number of carbonyl (C=O) groups excluding carboxylic acids is 1. The van der Waals surface area contributed by atoms with Crippen LogP contribution in [-0.2, 0) is 6.54 Å². The van der Waals surface area contributed by atoms with Gasteiger partial charge in [-0.25, -0.2) is 4.79 Å². The highest BCUT2D eigenvalue weighted by molar-refractivity contribution is 5.91. The van der Waals surface area contributed by atoms with Gasteiger partial charge in [-0.1, -0.05) is 37.5 Å². The predicted molar refractivity (Wildman–Crippen MR) is 121 cm³/mol. The summed E-state index contributed by atoms with van der Waals surface area (Å²) in [6, 6.07) is 11.6. The monoisotopic (exact) mass is 421 g/mol. The lowest BCUT2D eigenvalue weighted by Crippen LogP contribution is -2.50. The summed E-state index contributed by atoms with van der Waals surface area (Å²) >= 11 is 0. The first kappa shape index (κ1) is 20.2. The van der Waals surface area contributed by atoms with E-state index < -0.39 is 0 Å². The Hall–Kier alpha value is -2.76. The summed E-state index contributed by atoms with van der Waals surface area (Å²) in [7, 11) is 1.60.